The third kappa shape index (κ3) is 3.77. The van der Waals surface area contributed by atoms with Gasteiger partial charge in [0.2, 0.25) is 0 Å². The molecule has 6 nitrogen and oxygen atoms in total. The molecule has 1 aliphatic rings. The maximum Gasteiger partial charge on any atom is 0.269 e. The van der Waals surface area contributed by atoms with Crippen LogP contribution < -0.4 is 15.8 Å². The van der Waals surface area contributed by atoms with Crippen molar-refractivity contribution >= 4 is 49.6 Å². The van der Waals surface area contributed by atoms with Crippen molar-refractivity contribution in [1.29, 1.82) is 0 Å². The maximum absolute atomic E-state index is 12.9. The standard InChI is InChI=1S/C23H22N4O2S2/c1-12-3-8-17-14(9-12)10-16-19(24)20(31-22(16)25-17)21(28)27-23-26-18(11-30-23)13-4-6-15(29-2)7-5-13/h4-7,10-12H,3,8-9,24H2,1-2H3,(H,26,27,28). The molecule has 3 heterocycles. The molecule has 1 atom stereocenters. The van der Waals surface area contributed by atoms with Crippen LogP contribution >= 0.6 is 22.7 Å². The molecule has 0 bridgehead atoms. The fraction of sp³-hybridized carbons (Fsp3) is 0.261. The number of nitrogens with one attached hydrogen (secondary N) is 1. The van der Waals surface area contributed by atoms with Gasteiger partial charge in [-0.05, 0) is 61.1 Å². The Bertz CT molecular complexity index is 1280. The summed E-state index contributed by atoms with van der Waals surface area (Å²) >= 11 is 2.73. The van der Waals surface area contributed by atoms with E-state index in [4.69, 9.17) is 15.5 Å². The van der Waals surface area contributed by atoms with Gasteiger partial charge in [0.15, 0.2) is 5.13 Å². The highest BCUT2D eigenvalue weighted by Crippen LogP contribution is 2.37. The number of nitrogen functional groups attached to an aromatic ring is 1. The summed E-state index contributed by atoms with van der Waals surface area (Å²) in [6, 6.07) is 9.78. The second-order valence-electron chi connectivity index (χ2n) is 7.86. The number of thiazole rings is 1. The highest BCUT2D eigenvalue weighted by Gasteiger charge is 2.22. The number of methoxy groups -OCH3 is 1. The Kier molecular flexibility index (Phi) is 5.11. The number of carbonyl (C=O) groups is 1. The maximum atomic E-state index is 12.9. The van der Waals surface area contributed by atoms with Gasteiger partial charge in [-0.25, -0.2) is 9.97 Å². The van der Waals surface area contributed by atoms with Gasteiger partial charge in [-0.2, -0.15) is 0 Å². The third-order valence-corrected chi connectivity index (χ3v) is 7.52. The van der Waals surface area contributed by atoms with Crippen LogP contribution in [0.5, 0.6) is 5.75 Å². The van der Waals surface area contributed by atoms with Crippen LogP contribution in [0.4, 0.5) is 10.8 Å². The molecule has 1 amide bonds. The minimum atomic E-state index is -0.248. The van der Waals surface area contributed by atoms with Gasteiger partial charge >= 0.3 is 0 Å². The molecule has 158 valence electrons. The number of carbonyl (C=O) groups excluding carboxylic acids is 1. The Morgan fingerprint density at radius 3 is 2.84 bits per heavy atom. The number of rotatable bonds is 4. The highest BCUT2D eigenvalue weighted by atomic mass is 32.1. The summed E-state index contributed by atoms with van der Waals surface area (Å²) in [5, 5.41) is 6.23. The zero-order valence-corrected chi connectivity index (χ0v) is 18.9. The number of nitrogens with zero attached hydrogens (tertiary/aromatic N) is 2. The molecule has 0 spiro atoms. The molecule has 3 aromatic heterocycles. The molecule has 8 heteroatoms. The lowest BCUT2D eigenvalue weighted by Crippen LogP contribution is -2.12. The van der Waals surface area contributed by atoms with Crippen LogP contribution in [-0.4, -0.2) is 23.0 Å². The average Bonchev–Trinajstić information content (AvgIpc) is 3.37. The molecular formula is C23H22N4O2S2. The summed E-state index contributed by atoms with van der Waals surface area (Å²) in [4.78, 5) is 23.6. The molecular weight excluding hydrogens is 428 g/mol. The van der Waals surface area contributed by atoms with Gasteiger partial charge in [-0.1, -0.05) is 6.92 Å². The van der Waals surface area contributed by atoms with Gasteiger partial charge < -0.3 is 10.5 Å². The third-order valence-electron chi connectivity index (χ3n) is 5.65. The number of hydrogen-bond acceptors (Lipinski definition) is 7. The first-order valence-corrected chi connectivity index (χ1v) is 11.8. The van der Waals surface area contributed by atoms with Crippen molar-refractivity contribution in [2.45, 2.75) is 26.2 Å². The van der Waals surface area contributed by atoms with E-state index in [9.17, 15) is 4.79 Å². The molecule has 1 aromatic carbocycles. The minimum absolute atomic E-state index is 0.248. The molecule has 5 rings (SSSR count). The number of pyridine rings is 1. The summed E-state index contributed by atoms with van der Waals surface area (Å²) in [7, 11) is 1.64. The summed E-state index contributed by atoms with van der Waals surface area (Å²) in [5.74, 6) is 1.19. The molecule has 0 fully saturated rings. The highest BCUT2D eigenvalue weighted by molar-refractivity contribution is 7.21. The number of benzene rings is 1. The number of thiophene rings is 1. The first-order chi connectivity index (χ1) is 15.0. The molecule has 0 aliphatic heterocycles. The van der Waals surface area contributed by atoms with Crippen molar-refractivity contribution in [2.24, 2.45) is 5.92 Å². The number of hydrogen-bond donors (Lipinski definition) is 2. The number of anilines is 2. The van der Waals surface area contributed by atoms with Crippen LogP contribution in [0.15, 0.2) is 35.7 Å². The Balaban J connectivity index is 1.39. The van der Waals surface area contributed by atoms with Crippen LogP contribution in [0, 0.1) is 5.92 Å². The lowest BCUT2D eigenvalue weighted by molar-refractivity contribution is 0.103. The molecule has 0 saturated carbocycles. The van der Waals surface area contributed by atoms with Crippen molar-refractivity contribution in [2.75, 3.05) is 18.2 Å². The normalized spacial score (nSPS) is 15.6. The van der Waals surface area contributed by atoms with Crippen LogP contribution in [0.25, 0.3) is 21.5 Å². The van der Waals surface area contributed by atoms with Gasteiger partial charge in [-0.15, -0.1) is 22.7 Å². The van der Waals surface area contributed by atoms with E-state index in [2.05, 4.69) is 23.3 Å². The van der Waals surface area contributed by atoms with Gasteiger partial charge in [-0.3, -0.25) is 10.1 Å². The van der Waals surface area contributed by atoms with Gasteiger partial charge in [0, 0.05) is 22.0 Å². The zero-order chi connectivity index (χ0) is 21.5. The molecule has 31 heavy (non-hydrogen) atoms. The number of ether oxygens (including phenoxy) is 1. The quantitative estimate of drug-likeness (QED) is 0.435. The summed E-state index contributed by atoms with van der Waals surface area (Å²) in [6.45, 7) is 2.26. The monoisotopic (exact) mass is 450 g/mol. The number of aromatic nitrogens is 2. The molecule has 0 radical (unpaired) electrons. The Labute approximate surface area is 188 Å². The summed E-state index contributed by atoms with van der Waals surface area (Å²) in [5.41, 5.74) is 11.0. The topological polar surface area (TPSA) is 90.1 Å². The van der Waals surface area contributed by atoms with Crippen molar-refractivity contribution in [1.82, 2.24) is 9.97 Å². The van der Waals surface area contributed by atoms with E-state index in [0.717, 1.165) is 52.2 Å². The Morgan fingerprint density at radius 1 is 1.26 bits per heavy atom. The Hall–Kier alpha value is -2.97. The number of fused-ring (bicyclic) bond motifs is 2. The lowest BCUT2D eigenvalue weighted by atomic mass is 9.87. The van der Waals surface area contributed by atoms with Gasteiger partial charge in [0.1, 0.15) is 15.5 Å². The second-order valence-corrected chi connectivity index (χ2v) is 9.72. The number of nitrogens with two attached hydrogens (primary N) is 1. The second kappa shape index (κ2) is 7.94. The smallest absolute Gasteiger partial charge is 0.269 e. The van der Waals surface area contributed by atoms with Crippen LogP contribution in [0.1, 0.15) is 34.3 Å². The predicted molar refractivity (Wildman–Crippen MR) is 127 cm³/mol. The van der Waals surface area contributed by atoms with E-state index in [1.165, 1.54) is 28.2 Å². The van der Waals surface area contributed by atoms with E-state index >= 15 is 0 Å². The fourth-order valence-electron chi connectivity index (χ4n) is 3.92. The van der Waals surface area contributed by atoms with E-state index in [1.54, 1.807) is 7.11 Å². The van der Waals surface area contributed by atoms with E-state index in [0.29, 0.717) is 21.6 Å². The van der Waals surface area contributed by atoms with Gasteiger partial charge in [0.25, 0.3) is 5.91 Å². The SMILES string of the molecule is COc1ccc(-c2csc(NC(=O)c3sc4nc5c(cc4c3N)CC(C)CC5)n2)cc1. The largest absolute Gasteiger partial charge is 0.497 e. The van der Waals surface area contributed by atoms with Gasteiger partial charge in [0.05, 0.1) is 18.5 Å². The zero-order valence-electron chi connectivity index (χ0n) is 17.3. The van der Waals surface area contributed by atoms with Crippen molar-refractivity contribution in [3.05, 3.63) is 51.8 Å². The fourth-order valence-corrected chi connectivity index (χ4v) is 5.63. The van der Waals surface area contributed by atoms with E-state index < -0.39 is 0 Å². The first kappa shape index (κ1) is 20.0. The minimum Gasteiger partial charge on any atom is -0.497 e. The van der Waals surface area contributed by atoms with Crippen molar-refractivity contribution in [3.63, 3.8) is 0 Å². The van der Waals surface area contributed by atoms with E-state index in [1.807, 2.05) is 29.6 Å². The molecule has 4 aromatic rings. The number of aryl methyl sites for hydroxylation is 1. The molecule has 0 saturated heterocycles. The summed E-state index contributed by atoms with van der Waals surface area (Å²) < 4.78 is 5.20. The van der Waals surface area contributed by atoms with Crippen LogP contribution in [-0.2, 0) is 12.8 Å². The molecule has 3 N–H and O–H groups in total. The number of amides is 1. The van der Waals surface area contributed by atoms with E-state index in [-0.39, 0.29) is 5.91 Å². The molecule has 1 aliphatic carbocycles. The van der Waals surface area contributed by atoms with Crippen LogP contribution in [0.2, 0.25) is 0 Å². The Morgan fingerprint density at radius 2 is 2.06 bits per heavy atom. The predicted octanol–water partition coefficient (Wildman–Crippen LogP) is 5.39. The average molecular weight is 451 g/mol. The molecule has 1 unspecified atom stereocenters. The van der Waals surface area contributed by atoms with Crippen molar-refractivity contribution in [3.8, 4) is 17.0 Å². The first-order valence-electron chi connectivity index (χ1n) is 10.1. The van der Waals surface area contributed by atoms with Crippen LogP contribution in [0.3, 0.4) is 0 Å². The van der Waals surface area contributed by atoms with Crippen molar-refractivity contribution < 1.29 is 9.53 Å². The lowest BCUT2D eigenvalue weighted by Gasteiger charge is -2.20. The summed E-state index contributed by atoms with van der Waals surface area (Å²) in [6.07, 6.45) is 3.15.